The summed E-state index contributed by atoms with van der Waals surface area (Å²) < 4.78 is 2.29. The molecule has 0 aliphatic heterocycles. The van der Waals surface area contributed by atoms with Crippen molar-refractivity contribution in [2.45, 2.75) is 52.6 Å². The van der Waals surface area contributed by atoms with Crippen molar-refractivity contribution >= 4 is 0 Å². The summed E-state index contributed by atoms with van der Waals surface area (Å²) in [7, 11) is 0. The molecule has 1 aromatic rings. The second kappa shape index (κ2) is 6.67. The van der Waals surface area contributed by atoms with Crippen molar-refractivity contribution in [1.29, 1.82) is 0 Å². The van der Waals surface area contributed by atoms with E-state index in [1.54, 1.807) is 0 Å². The highest BCUT2D eigenvalue weighted by atomic mass is 15.0. The number of aryl methyl sites for hydroxylation is 1. The van der Waals surface area contributed by atoms with E-state index in [1.807, 2.05) is 0 Å². The van der Waals surface area contributed by atoms with E-state index in [1.165, 1.54) is 24.8 Å². The molecule has 0 aromatic carbocycles. The maximum Gasteiger partial charge on any atom is 0.0306 e. The third-order valence-electron chi connectivity index (χ3n) is 2.74. The minimum Gasteiger partial charge on any atom is -0.354 e. The zero-order valence-electron chi connectivity index (χ0n) is 10.3. The highest BCUT2D eigenvalue weighted by Gasteiger charge is 2.05. The number of nitrogens with one attached hydrogen (secondary N) is 1. The normalized spacial score (nSPS) is 13.0. The van der Waals surface area contributed by atoms with Gasteiger partial charge in [0.2, 0.25) is 0 Å². The molecule has 0 aliphatic rings. The fourth-order valence-corrected chi connectivity index (χ4v) is 1.67. The van der Waals surface area contributed by atoms with Crippen LogP contribution in [0.1, 0.15) is 51.6 Å². The van der Waals surface area contributed by atoms with E-state index in [9.17, 15) is 0 Å². The molecule has 0 saturated heterocycles. The highest BCUT2D eigenvalue weighted by molar-refractivity contribution is 5.14. The lowest BCUT2D eigenvalue weighted by atomic mass is 10.2. The molecule has 0 spiro atoms. The molecule has 1 aromatic heterocycles. The highest BCUT2D eigenvalue weighted by Crippen LogP contribution is 2.13. The number of rotatable bonds is 7. The number of unbranched alkanes of at least 4 members (excludes halogenated alkanes) is 1. The van der Waals surface area contributed by atoms with Gasteiger partial charge in [0.25, 0.3) is 0 Å². The predicted molar refractivity (Wildman–Crippen MR) is 66.0 cm³/mol. The largest absolute Gasteiger partial charge is 0.354 e. The summed E-state index contributed by atoms with van der Waals surface area (Å²) in [5.74, 6) is 0. The van der Waals surface area contributed by atoms with Gasteiger partial charge in [0, 0.05) is 25.0 Å². The maximum absolute atomic E-state index is 3.50. The Kier molecular flexibility index (Phi) is 5.48. The van der Waals surface area contributed by atoms with Gasteiger partial charge < -0.3 is 9.88 Å². The summed E-state index contributed by atoms with van der Waals surface area (Å²) in [4.78, 5) is 0. The van der Waals surface area contributed by atoms with Gasteiger partial charge in [-0.3, -0.25) is 0 Å². The minimum absolute atomic E-state index is 0.479. The number of nitrogens with zero attached hydrogens (tertiary/aromatic N) is 1. The van der Waals surface area contributed by atoms with Crippen LogP contribution in [0.15, 0.2) is 18.5 Å². The zero-order valence-corrected chi connectivity index (χ0v) is 10.3. The standard InChI is InChI=1S/C13H24N2/c1-4-6-9-15-10-7-13(11-15)12(3)14-8-5-2/h7,10-12,14H,4-6,8-9H2,1-3H3/t12-/m1/s1. The predicted octanol–water partition coefficient (Wildman–Crippen LogP) is 3.35. The first-order valence-electron chi connectivity index (χ1n) is 6.17. The Balaban J connectivity index is 2.43. The second-order valence-corrected chi connectivity index (χ2v) is 4.21. The van der Waals surface area contributed by atoms with E-state index in [0.29, 0.717) is 6.04 Å². The molecule has 2 nitrogen and oxygen atoms in total. The Morgan fingerprint density at radius 3 is 2.80 bits per heavy atom. The lowest BCUT2D eigenvalue weighted by molar-refractivity contribution is 0.567. The SMILES string of the molecule is CCCCn1ccc([C@@H](C)NCCC)c1. The summed E-state index contributed by atoms with van der Waals surface area (Å²) in [6.45, 7) is 8.91. The molecule has 0 saturated carbocycles. The molecule has 0 aliphatic carbocycles. The molecule has 0 amide bonds. The van der Waals surface area contributed by atoms with E-state index >= 15 is 0 Å². The van der Waals surface area contributed by atoms with Crippen LogP contribution >= 0.6 is 0 Å². The molecule has 15 heavy (non-hydrogen) atoms. The molecule has 0 unspecified atom stereocenters. The second-order valence-electron chi connectivity index (χ2n) is 4.21. The third kappa shape index (κ3) is 4.08. The van der Waals surface area contributed by atoms with Gasteiger partial charge in [0.15, 0.2) is 0 Å². The van der Waals surface area contributed by atoms with Gasteiger partial charge in [0.1, 0.15) is 0 Å². The van der Waals surface area contributed by atoms with Gasteiger partial charge in [0.05, 0.1) is 0 Å². The van der Waals surface area contributed by atoms with E-state index < -0.39 is 0 Å². The summed E-state index contributed by atoms with van der Waals surface area (Å²) in [6.07, 6.45) is 8.18. The number of aromatic nitrogens is 1. The first-order valence-corrected chi connectivity index (χ1v) is 6.17. The molecule has 86 valence electrons. The van der Waals surface area contributed by atoms with E-state index in [0.717, 1.165) is 13.1 Å². The Hall–Kier alpha value is -0.760. The van der Waals surface area contributed by atoms with Gasteiger partial charge in [-0.15, -0.1) is 0 Å². The van der Waals surface area contributed by atoms with Gasteiger partial charge in [-0.1, -0.05) is 20.3 Å². The smallest absolute Gasteiger partial charge is 0.0306 e. The lowest BCUT2D eigenvalue weighted by Crippen LogP contribution is -2.18. The fraction of sp³-hybridized carbons (Fsp3) is 0.692. The van der Waals surface area contributed by atoms with Crippen molar-refractivity contribution in [2.75, 3.05) is 6.54 Å². The van der Waals surface area contributed by atoms with Crippen molar-refractivity contribution in [3.05, 3.63) is 24.0 Å². The van der Waals surface area contributed by atoms with Crippen molar-refractivity contribution in [2.24, 2.45) is 0 Å². The van der Waals surface area contributed by atoms with E-state index in [-0.39, 0.29) is 0 Å². The summed E-state index contributed by atoms with van der Waals surface area (Å²) in [6, 6.07) is 2.70. The van der Waals surface area contributed by atoms with Crippen molar-refractivity contribution in [3.63, 3.8) is 0 Å². The summed E-state index contributed by atoms with van der Waals surface area (Å²) in [5, 5.41) is 3.50. The van der Waals surface area contributed by atoms with Crippen LogP contribution < -0.4 is 5.32 Å². The molecule has 1 heterocycles. The lowest BCUT2D eigenvalue weighted by Gasteiger charge is -2.11. The van der Waals surface area contributed by atoms with Crippen molar-refractivity contribution in [3.8, 4) is 0 Å². The van der Waals surface area contributed by atoms with E-state index in [4.69, 9.17) is 0 Å². The van der Waals surface area contributed by atoms with E-state index in [2.05, 4.69) is 49.1 Å². The van der Waals surface area contributed by atoms with Crippen LogP contribution in [0.4, 0.5) is 0 Å². The monoisotopic (exact) mass is 208 g/mol. The summed E-state index contributed by atoms with van der Waals surface area (Å²) in [5.41, 5.74) is 1.40. The van der Waals surface area contributed by atoms with Gasteiger partial charge >= 0.3 is 0 Å². The molecular formula is C13H24N2. The van der Waals surface area contributed by atoms with Crippen LogP contribution in [0.5, 0.6) is 0 Å². The van der Waals surface area contributed by atoms with Gasteiger partial charge in [-0.25, -0.2) is 0 Å². The Morgan fingerprint density at radius 1 is 1.33 bits per heavy atom. The van der Waals surface area contributed by atoms with Crippen LogP contribution in [0.25, 0.3) is 0 Å². The van der Waals surface area contributed by atoms with Gasteiger partial charge in [-0.05, 0) is 37.9 Å². The van der Waals surface area contributed by atoms with Crippen LogP contribution in [0.3, 0.4) is 0 Å². The van der Waals surface area contributed by atoms with Crippen LogP contribution in [-0.4, -0.2) is 11.1 Å². The van der Waals surface area contributed by atoms with Crippen LogP contribution in [0, 0.1) is 0 Å². The Labute approximate surface area is 93.7 Å². The minimum atomic E-state index is 0.479. The molecule has 0 fully saturated rings. The third-order valence-corrected chi connectivity index (χ3v) is 2.74. The van der Waals surface area contributed by atoms with Crippen LogP contribution in [0.2, 0.25) is 0 Å². The molecule has 2 heteroatoms. The van der Waals surface area contributed by atoms with Crippen molar-refractivity contribution < 1.29 is 0 Å². The Bertz CT molecular complexity index is 265. The topological polar surface area (TPSA) is 17.0 Å². The maximum atomic E-state index is 3.50. The summed E-state index contributed by atoms with van der Waals surface area (Å²) >= 11 is 0. The fourth-order valence-electron chi connectivity index (χ4n) is 1.67. The Morgan fingerprint density at radius 2 is 2.13 bits per heavy atom. The molecule has 0 radical (unpaired) electrons. The van der Waals surface area contributed by atoms with Gasteiger partial charge in [-0.2, -0.15) is 0 Å². The number of hydrogen-bond acceptors (Lipinski definition) is 1. The molecule has 0 bridgehead atoms. The first kappa shape index (κ1) is 12.3. The van der Waals surface area contributed by atoms with Crippen molar-refractivity contribution in [1.82, 2.24) is 9.88 Å². The number of hydrogen-bond donors (Lipinski definition) is 1. The molecule has 1 rings (SSSR count). The quantitative estimate of drug-likeness (QED) is 0.727. The zero-order chi connectivity index (χ0) is 11.1. The molecular weight excluding hydrogens is 184 g/mol. The average Bonchev–Trinajstić information content (AvgIpc) is 2.71. The average molecular weight is 208 g/mol. The first-order chi connectivity index (χ1) is 7.27. The molecule has 1 N–H and O–H groups in total. The van der Waals surface area contributed by atoms with Crippen LogP contribution in [-0.2, 0) is 6.54 Å². The molecule has 1 atom stereocenters.